The van der Waals surface area contributed by atoms with Crippen LogP contribution in [0.4, 0.5) is 10.1 Å². The van der Waals surface area contributed by atoms with Crippen LogP contribution in [0.5, 0.6) is 23.3 Å². The van der Waals surface area contributed by atoms with E-state index in [0.29, 0.717) is 41.5 Å². The number of amides is 1. The Bertz CT molecular complexity index is 1700. The van der Waals surface area contributed by atoms with E-state index in [1.165, 1.54) is 10.7 Å². The SMILES string of the molecule is COc1ccc(CCOc2nc(-c3ccccc3F)n(-c3cccc(NC(=O)c4ccc5c(c4)OCO5)c3)n2)cc1. The lowest BCUT2D eigenvalue weighted by molar-refractivity contribution is 0.102. The summed E-state index contributed by atoms with van der Waals surface area (Å²) < 4.78 is 38.1. The van der Waals surface area contributed by atoms with Gasteiger partial charge in [0.05, 0.1) is 25.0 Å². The standard InChI is InChI=1S/C31H25FN4O5/c1-38-24-12-9-20(10-13-24)15-16-39-31-34-29(25-7-2-3-8-26(25)32)36(35-31)23-6-4-5-22(18-23)33-30(37)21-11-14-27-28(17-21)41-19-40-27/h2-14,17-18H,15-16,19H2,1H3,(H,33,37). The molecule has 10 heteroatoms. The van der Waals surface area contributed by atoms with Gasteiger partial charge in [0.2, 0.25) is 6.79 Å². The Morgan fingerprint density at radius 2 is 1.80 bits per heavy atom. The van der Waals surface area contributed by atoms with Crippen LogP contribution in [0, 0.1) is 5.82 Å². The highest BCUT2D eigenvalue weighted by atomic mass is 19.1. The molecule has 0 saturated carbocycles. The molecule has 0 saturated heterocycles. The van der Waals surface area contributed by atoms with Gasteiger partial charge in [0, 0.05) is 17.7 Å². The minimum Gasteiger partial charge on any atom is -0.497 e. The van der Waals surface area contributed by atoms with Crippen molar-refractivity contribution in [3.63, 3.8) is 0 Å². The van der Waals surface area contributed by atoms with Crippen LogP contribution in [-0.4, -0.2) is 41.2 Å². The minimum atomic E-state index is -0.446. The largest absolute Gasteiger partial charge is 0.497 e. The van der Waals surface area contributed by atoms with Crippen LogP contribution in [0.3, 0.4) is 0 Å². The van der Waals surface area contributed by atoms with Gasteiger partial charge in [0.15, 0.2) is 17.3 Å². The molecule has 1 aromatic heterocycles. The lowest BCUT2D eigenvalue weighted by Crippen LogP contribution is -2.12. The van der Waals surface area contributed by atoms with E-state index in [1.54, 1.807) is 67.8 Å². The Balaban J connectivity index is 1.24. The third kappa shape index (κ3) is 5.67. The van der Waals surface area contributed by atoms with E-state index in [-0.39, 0.29) is 30.1 Å². The molecule has 1 aliphatic rings. The molecule has 0 spiro atoms. The number of nitrogens with zero attached hydrogens (tertiary/aromatic N) is 3. The molecule has 0 aliphatic carbocycles. The molecule has 1 aliphatic heterocycles. The first kappa shape index (κ1) is 25.9. The minimum absolute atomic E-state index is 0.103. The Morgan fingerprint density at radius 3 is 2.63 bits per heavy atom. The van der Waals surface area contributed by atoms with E-state index in [1.807, 2.05) is 24.3 Å². The maximum Gasteiger partial charge on any atom is 0.336 e. The van der Waals surface area contributed by atoms with Crippen LogP contribution in [0.2, 0.25) is 0 Å². The molecule has 0 radical (unpaired) electrons. The van der Waals surface area contributed by atoms with E-state index in [9.17, 15) is 9.18 Å². The first-order valence-electron chi connectivity index (χ1n) is 12.9. The van der Waals surface area contributed by atoms with E-state index < -0.39 is 5.82 Å². The number of methoxy groups -OCH3 is 1. The highest BCUT2D eigenvalue weighted by Gasteiger charge is 2.19. The van der Waals surface area contributed by atoms with Gasteiger partial charge in [-0.15, -0.1) is 5.10 Å². The molecular formula is C31H25FN4O5. The molecule has 0 fully saturated rings. The summed E-state index contributed by atoms with van der Waals surface area (Å²) in [5, 5.41) is 7.41. The van der Waals surface area contributed by atoms with Crippen LogP contribution in [0.15, 0.2) is 91.0 Å². The summed E-state index contributed by atoms with van der Waals surface area (Å²) in [5.74, 6) is 1.38. The lowest BCUT2D eigenvalue weighted by Gasteiger charge is -2.10. The highest BCUT2D eigenvalue weighted by molar-refractivity contribution is 6.04. The van der Waals surface area contributed by atoms with Crippen molar-refractivity contribution < 1.29 is 28.1 Å². The zero-order valence-electron chi connectivity index (χ0n) is 22.0. The van der Waals surface area contributed by atoms with Crippen LogP contribution in [0.25, 0.3) is 17.1 Å². The number of hydrogen-bond acceptors (Lipinski definition) is 7. The normalized spacial score (nSPS) is 11.8. The van der Waals surface area contributed by atoms with E-state index >= 15 is 0 Å². The van der Waals surface area contributed by atoms with Crippen LogP contribution < -0.4 is 24.3 Å². The number of rotatable bonds is 9. The number of hydrogen-bond donors (Lipinski definition) is 1. The van der Waals surface area contributed by atoms with Crippen LogP contribution in [0.1, 0.15) is 15.9 Å². The van der Waals surface area contributed by atoms with Crippen molar-refractivity contribution in [1.82, 2.24) is 14.8 Å². The van der Waals surface area contributed by atoms with Crippen molar-refractivity contribution >= 4 is 11.6 Å². The zero-order chi connectivity index (χ0) is 28.2. The Labute approximate surface area is 235 Å². The topological polar surface area (TPSA) is 96.7 Å². The summed E-state index contributed by atoms with van der Waals surface area (Å²) in [5.41, 5.74) is 2.82. The molecule has 0 unspecified atom stereocenters. The summed E-state index contributed by atoms with van der Waals surface area (Å²) >= 11 is 0. The van der Waals surface area contributed by atoms with Crippen molar-refractivity contribution in [2.45, 2.75) is 6.42 Å². The fraction of sp³-hybridized carbons (Fsp3) is 0.129. The van der Waals surface area contributed by atoms with Crippen molar-refractivity contribution in [3.05, 3.63) is 108 Å². The summed E-state index contributed by atoms with van der Waals surface area (Å²) in [4.78, 5) is 17.5. The lowest BCUT2D eigenvalue weighted by atomic mass is 10.1. The van der Waals surface area contributed by atoms with Gasteiger partial charge < -0.3 is 24.3 Å². The molecule has 1 amide bonds. The second-order valence-electron chi connectivity index (χ2n) is 9.13. The van der Waals surface area contributed by atoms with Crippen molar-refractivity contribution in [2.24, 2.45) is 0 Å². The third-order valence-corrected chi connectivity index (χ3v) is 6.47. The molecule has 2 heterocycles. The van der Waals surface area contributed by atoms with Crippen LogP contribution >= 0.6 is 0 Å². The second-order valence-corrected chi connectivity index (χ2v) is 9.13. The van der Waals surface area contributed by atoms with Gasteiger partial charge in [-0.1, -0.05) is 30.3 Å². The van der Waals surface area contributed by atoms with Crippen molar-refractivity contribution in [3.8, 4) is 40.3 Å². The second kappa shape index (κ2) is 11.4. The number of carbonyl (C=O) groups excluding carboxylic acids is 1. The van der Waals surface area contributed by atoms with Gasteiger partial charge in [0.1, 0.15) is 11.6 Å². The average Bonchev–Trinajstić information content (AvgIpc) is 3.65. The summed E-state index contributed by atoms with van der Waals surface area (Å²) in [6.07, 6.45) is 0.620. The maximum atomic E-state index is 14.8. The van der Waals surface area contributed by atoms with E-state index in [4.69, 9.17) is 18.9 Å². The predicted octanol–water partition coefficient (Wildman–Crippen LogP) is 5.68. The summed E-state index contributed by atoms with van der Waals surface area (Å²) in [7, 11) is 1.62. The number of aromatic nitrogens is 3. The first-order valence-corrected chi connectivity index (χ1v) is 12.9. The van der Waals surface area contributed by atoms with Gasteiger partial charge in [0.25, 0.3) is 5.91 Å². The molecular weight excluding hydrogens is 527 g/mol. The molecule has 206 valence electrons. The first-order chi connectivity index (χ1) is 20.1. The Hall–Kier alpha value is -5.38. The summed E-state index contributed by atoms with van der Waals surface area (Å²) in [6, 6.07) is 26.1. The molecule has 41 heavy (non-hydrogen) atoms. The average molecular weight is 553 g/mol. The number of carbonyl (C=O) groups is 1. The molecule has 4 aromatic carbocycles. The molecule has 0 atom stereocenters. The van der Waals surface area contributed by atoms with Gasteiger partial charge in [-0.2, -0.15) is 4.98 Å². The maximum absolute atomic E-state index is 14.8. The number of benzene rings is 4. The number of nitrogens with one attached hydrogen (secondary N) is 1. The monoisotopic (exact) mass is 552 g/mol. The summed E-state index contributed by atoms with van der Waals surface area (Å²) in [6.45, 7) is 0.441. The van der Waals surface area contributed by atoms with Crippen molar-refractivity contribution in [2.75, 3.05) is 25.8 Å². The van der Waals surface area contributed by atoms with Crippen molar-refractivity contribution in [1.29, 1.82) is 0 Å². The number of anilines is 1. The zero-order valence-corrected chi connectivity index (χ0v) is 22.0. The van der Waals surface area contributed by atoms with E-state index in [0.717, 1.165) is 11.3 Å². The smallest absolute Gasteiger partial charge is 0.336 e. The predicted molar refractivity (Wildman–Crippen MR) is 149 cm³/mol. The number of ether oxygens (including phenoxy) is 4. The fourth-order valence-corrected chi connectivity index (χ4v) is 4.36. The Morgan fingerprint density at radius 1 is 0.976 bits per heavy atom. The third-order valence-electron chi connectivity index (χ3n) is 6.47. The molecule has 1 N–H and O–H groups in total. The molecule has 9 nitrogen and oxygen atoms in total. The van der Waals surface area contributed by atoms with Gasteiger partial charge in [-0.25, -0.2) is 9.07 Å². The molecule has 0 bridgehead atoms. The van der Waals surface area contributed by atoms with E-state index in [2.05, 4.69) is 15.4 Å². The number of fused-ring (bicyclic) bond motifs is 1. The molecule has 6 rings (SSSR count). The molecule has 5 aromatic rings. The number of halogens is 1. The fourth-order valence-electron chi connectivity index (χ4n) is 4.36. The quantitative estimate of drug-likeness (QED) is 0.251. The van der Waals surface area contributed by atoms with Gasteiger partial charge in [-0.3, -0.25) is 4.79 Å². The van der Waals surface area contributed by atoms with Crippen LogP contribution in [-0.2, 0) is 6.42 Å². The highest BCUT2D eigenvalue weighted by Crippen LogP contribution is 2.33. The van der Waals surface area contributed by atoms with Gasteiger partial charge >= 0.3 is 6.01 Å². The van der Waals surface area contributed by atoms with Gasteiger partial charge in [-0.05, 0) is 66.2 Å². The Kier molecular flexibility index (Phi) is 7.19.